The number of pyridine rings is 1. The molecule has 45 heavy (non-hydrogen) atoms. The number of aromatic nitrogens is 5. The number of carbonyl (C=O) groups is 2. The maximum absolute atomic E-state index is 13.4. The van der Waals surface area contributed by atoms with Crippen molar-refractivity contribution in [2.75, 3.05) is 29.9 Å². The fourth-order valence-corrected chi connectivity index (χ4v) is 5.62. The topological polar surface area (TPSA) is 127 Å². The molecule has 0 spiro atoms. The minimum atomic E-state index is -0.238. The Hall–Kier alpha value is -5.32. The van der Waals surface area contributed by atoms with Gasteiger partial charge < -0.3 is 20.3 Å². The number of carbonyl (C=O) groups excluding carboxylic acids is 2. The Morgan fingerprint density at radius 3 is 2.49 bits per heavy atom. The van der Waals surface area contributed by atoms with Crippen LogP contribution in [0.1, 0.15) is 41.3 Å². The molecular formula is C34H36N8O3. The van der Waals surface area contributed by atoms with Crippen molar-refractivity contribution in [2.45, 2.75) is 33.6 Å². The van der Waals surface area contributed by atoms with E-state index in [1.165, 1.54) is 0 Å². The number of nitrogens with one attached hydrogen (secondary N) is 2. The van der Waals surface area contributed by atoms with Crippen molar-refractivity contribution in [2.24, 2.45) is 13.0 Å². The zero-order valence-electron chi connectivity index (χ0n) is 25.9. The summed E-state index contributed by atoms with van der Waals surface area (Å²) in [7, 11) is 1.82. The first-order valence-electron chi connectivity index (χ1n) is 15.0. The molecule has 1 saturated heterocycles. The Balaban J connectivity index is 1.17. The van der Waals surface area contributed by atoms with Crippen LogP contribution in [0.2, 0.25) is 0 Å². The molecule has 3 aromatic heterocycles. The van der Waals surface area contributed by atoms with Gasteiger partial charge in [-0.3, -0.25) is 19.3 Å². The lowest BCUT2D eigenvalue weighted by atomic mass is 9.96. The monoisotopic (exact) mass is 604 g/mol. The fourth-order valence-electron chi connectivity index (χ4n) is 5.62. The predicted molar refractivity (Wildman–Crippen MR) is 174 cm³/mol. The van der Waals surface area contributed by atoms with E-state index in [9.17, 15) is 9.59 Å². The summed E-state index contributed by atoms with van der Waals surface area (Å²) in [5, 5.41) is 11.0. The van der Waals surface area contributed by atoms with E-state index < -0.39 is 0 Å². The molecule has 2 amide bonds. The molecule has 230 valence electrons. The Morgan fingerprint density at radius 1 is 0.978 bits per heavy atom. The van der Waals surface area contributed by atoms with Crippen molar-refractivity contribution in [3.63, 3.8) is 0 Å². The van der Waals surface area contributed by atoms with Crippen LogP contribution in [0.4, 0.5) is 11.4 Å². The molecule has 0 radical (unpaired) electrons. The molecule has 1 aliphatic rings. The molecule has 1 fully saturated rings. The third-order valence-electron chi connectivity index (χ3n) is 8.20. The molecule has 0 unspecified atom stereocenters. The van der Waals surface area contributed by atoms with E-state index in [0.29, 0.717) is 40.0 Å². The molecule has 2 N–H and O–H groups in total. The van der Waals surface area contributed by atoms with Crippen molar-refractivity contribution in [3.05, 3.63) is 83.8 Å². The highest BCUT2D eigenvalue weighted by Crippen LogP contribution is 2.33. The summed E-state index contributed by atoms with van der Waals surface area (Å²) in [5.74, 6) is 1.64. The zero-order chi connectivity index (χ0) is 31.5. The summed E-state index contributed by atoms with van der Waals surface area (Å²) in [4.78, 5) is 40.5. The minimum Gasteiger partial charge on any atom is -0.438 e. The van der Waals surface area contributed by atoms with E-state index in [2.05, 4.69) is 43.6 Å². The fraction of sp³-hybridized carbons (Fsp3) is 0.294. The van der Waals surface area contributed by atoms with Gasteiger partial charge in [0.1, 0.15) is 11.1 Å². The molecule has 11 nitrogen and oxygen atoms in total. The Kier molecular flexibility index (Phi) is 8.41. The lowest BCUT2D eigenvalue weighted by Crippen LogP contribution is -2.38. The second kappa shape index (κ2) is 12.7. The molecule has 0 aliphatic carbocycles. The van der Waals surface area contributed by atoms with Crippen molar-refractivity contribution >= 4 is 34.2 Å². The quantitative estimate of drug-likeness (QED) is 0.240. The van der Waals surface area contributed by atoms with Gasteiger partial charge in [-0.25, -0.2) is 4.98 Å². The summed E-state index contributed by atoms with van der Waals surface area (Å²) >= 11 is 0. The van der Waals surface area contributed by atoms with Crippen LogP contribution >= 0.6 is 0 Å². The number of amides is 2. The number of fused-ring (bicyclic) bond motifs is 1. The minimum absolute atomic E-state index is 0.0211. The van der Waals surface area contributed by atoms with Gasteiger partial charge in [-0.2, -0.15) is 10.1 Å². The van der Waals surface area contributed by atoms with Gasteiger partial charge in [-0.1, -0.05) is 6.07 Å². The lowest BCUT2D eigenvalue weighted by Gasteiger charge is -2.34. The summed E-state index contributed by atoms with van der Waals surface area (Å²) < 4.78 is 8.02. The summed E-state index contributed by atoms with van der Waals surface area (Å²) in [6.45, 7) is 8.15. The van der Waals surface area contributed by atoms with Crippen LogP contribution in [0, 0.1) is 19.8 Å². The van der Waals surface area contributed by atoms with E-state index >= 15 is 0 Å². The van der Waals surface area contributed by atoms with Crippen LogP contribution in [0.3, 0.4) is 0 Å². The molecular weight excluding hydrogens is 568 g/mol. The average Bonchev–Trinajstić information content (AvgIpc) is 3.42. The van der Waals surface area contributed by atoms with Crippen LogP contribution in [0.25, 0.3) is 22.4 Å². The normalized spacial score (nSPS) is 13.6. The largest absolute Gasteiger partial charge is 0.438 e. The van der Waals surface area contributed by atoms with Gasteiger partial charge in [-0.05, 0) is 86.2 Å². The van der Waals surface area contributed by atoms with E-state index in [0.717, 1.165) is 60.5 Å². The van der Waals surface area contributed by atoms with Crippen molar-refractivity contribution in [3.8, 4) is 23.0 Å². The molecule has 2 aromatic carbocycles. The second-order valence-electron chi connectivity index (χ2n) is 11.5. The Labute approximate surface area is 261 Å². The van der Waals surface area contributed by atoms with Gasteiger partial charge >= 0.3 is 0 Å². The van der Waals surface area contributed by atoms with Gasteiger partial charge in [0, 0.05) is 68.5 Å². The van der Waals surface area contributed by atoms with E-state index in [1.54, 1.807) is 42.3 Å². The van der Waals surface area contributed by atoms with Crippen LogP contribution < -0.4 is 20.3 Å². The molecule has 0 saturated carbocycles. The highest BCUT2D eigenvalue weighted by molar-refractivity contribution is 6.04. The molecule has 0 bridgehead atoms. The highest BCUT2D eigenvalue weighted by atomic mass is 16.5. The standard InChI is InChI=1S/C34H36N8O3/c1-21-5-6-26(18-30(21)45-34-28-20-37-41(4)32(28)39-31(40-34)25-9-13-35-14-10-25)33(44)38-27-7-8-29(22(2)17-27)42-15-11-24(12-16-42)19-36-23(3)43/h5-10,13-14,17-18,20,24H,11-12,15-16,19H2,1-4H3,(H,36,43)(H,38,44). The molecule has 5 aromatic rings. The molecule has 4 heterocycles. The van der Waals surface area contributed by atoms with E-state index in [1.807, 2.05) is 44.3 Å². The number of nitrogens with zero attached hydrogens (tertiary/aromatic N) is 6. The summed E-state index contributed by atoms with van der Waals surface area (Å²) in [6.07, 6.45) is 7.11. The molecule has 1 aliphatic heterocycles. The second-order valence-corrected chi connectivity index (χ2v) is 11.5. The van der Waals surface area contributed by atoms with Gasteiger partial charge in [0.2, 0.25) is 11.8 Å². The van der Waals surface area contributed by atoms with Crippen LogP contribution in [0.5, 0.6) is 11.6 Å². The maximum Gasteiger partial charge on any atom is 0.255 e. The lowest BCUT2D eigenvalue weighted by molar-refractivity contribution is -0.119. The number of ether oxygens (including phenoxy) is 1. The van der Waals surface area contributed by atoms with Gasteiger partial charge in [0.15, 0.2) is 11.5 Å². The Bertz CT molecular complexity index is 1860. The first-order valence-corrected chi connectivity index (χ1v) is 15.0. The smallest absolute Gasteiger partial charge is 0.255 e. The van der Waals surface area contributed by atoms with Crippen LogP contribution in [0.15, 0.2) is 67.1 Å². The van der Waals surface area contributed by atoms with Crippen LogP contribution in [-0.4, -0.2) is 56.2 Å². The average molecular weight is 605 g/mol. The Morgan fingerprint density at radius 2 is 1.76 bits per heavy atom. The van der Waals surface area contributed by atoms with E-state index in [-0.39, 0.29) is 11.8 Å². The summed E-state index contributed by atoms with van der Waals surface area (Å²) in [6, 6.07) is 15.1. The van der Waals surface area contributed by atoms with Crippen molar-refractivity contribution in [1.29, 1.82) is 0 Å². The number of hydrogen-bond donors (Lipinski definition) is 2. The number of rotatable bonds is 8. The molecule has 6 rings (SSSR count). The maximum atomic E-state index is 13.4. The van der Waals surface area contributed by atoms with Gasteiger partial charge in [0.25, 0.3) is 5.91 Å². The van der Waals surface area contributed by atoms with Crippen LogP contribution in [-0.2, 0) is 11.8 Å². The number of hydrogen-bond acceptors (Lipinski definition) is 8. The molecule has 0 atom stereocenters. The van der Waals surface area contributed by atoms with E-state index in [4.69, 9.17) is 9.72 Å². The van der Waals surface area contributed by atoms with Gasteiger partial charge in [0.05, 0.1) is 6.20 Å². The summed E-state index contributed by atoms with van der Waals surface area (Å²) in [5.41, 5.74) is 5.73. The molecule has 11 heteroatoms. The number of piperidine rings is 1. The highest BCUT2D eigenvalue weighted by Gasteiger charge is 2.21. The van der Waals surface area contributed by atoms with Crippen molar-refractivity contribution < 1.29 is 14.3 Å². The first-order chi connectivity index (χ1) is 21.7. The third kappa shape index (κ3) is 6.62. The van der Waals surface area contributed by atoms with Crippen molar-refractivity contribution in [1.82, 2.24) is 30.0 Å². The third-order valence-corrected chi connectivity index (χ3v) is 8.20. The number of aryl methyl sites for hydroxylation is 3. The zero-order valence-corrected chi connectivity index (χ0v) is 25.9. The number of benzene rings is 2. The first kappa shape index (κ1) is 29.7. The predicted octanol–water partition coefficient (Wildman–Crippen LogP) is 5.44. The number of anilines is 2. The van der Waals surface area contributed by atoms with Gasteiger partial charge in [-0.15, -0.1) is 0 Å². The SMILES string of the molecule is CC(=O)NCC1CCN(c2ccc(NC(=O)c3ccc(C)c(Oc4nc(-c5ccncc5)nc5c4cnn5C)c3)cc2C)CC1.